The Kier molecular flexibility index (Phi) is 4.88. The van der Waals surface area contributed by atoms with Gasteiger partial charge in [0.25, 0.3) is 0 Å². The summed E-state index contributed by atoms with van der Waals surface area (Å²) in [6.07, 6.45) is 1.59. The lowest BCUT2D eigenvalue weighted by atomic mass is 9.88. The molecule has 0 bridgehead atoms. The Morgan fingerprint density at radius 2 is 2.05 bits per heavy atom. The smallest absolute Gasteiger partial charge is 0.317 e. The second-order valence-electron chi connectivity index (χ2n) is 6.79. The van der Waals surface area contributed by atoms with Gasteiger partial charge in [0.1, 0.15) is 6.26 Å². The minimum Gasteiger partial charge on any atom is -0.364 e. The second-order valence-corrected chi connectivity index (χ2v) is 6.79. The van der Waals surface area contributed by atoms with Crippen molar-refractivity contribution in [3.05, 3.63) is 18.0 Å². The molecule has 6 nitrogen and oxygen atoms in total. The molecule has 1 aromatic rings. The van der Waals surface area contributed by atoms with Crippen LogP contribution in [0.25, 0.3) is 0 Å². The fourth-order valence-electron chi connectivity index (χ4n) is 2.15. The molecule has 6 heteroatoms. The van der Waals surface area contributed by atoms with Gasteiger partial charge in [0.15, 0.2) is 0 Å². The zero-order valence-corrected chi connectivity index (χ0v) is 13.4. The molecule has 2 heterocycles. The molecule has 1 aliphatic rings. The average molecular weight is 294 g/mol. The summed E-state index contributed by atoms with van der Waals surface area (Å²) in [5.41, 5.74) is 1.01. The van der Waals surface area contributed by atoms with E-state index >= 15 is 0 Å². The highest BCUT2D eigenvalue weighted by atomic mass is 16.5. The van der Waals surface area contributed by atoms with Gasteiger partial charge < -0.3 is 14.7 Å². The number of nitrogens with zero attached hydrogens (tertiary/aromatic N) is 3. The van der Waals surface area contributed by atoms with Crippen molar-refractivity contribution in [2.45, 2.75) is 40.3 Å². The van der Waals surface area contributed by atoms with Crippen molar-refractivity contribution in [1.29, 1.82) is 0 Å². The predicted molar refractivity (Wildman–Crippen MR) is 80.8 cm³/mol. The third kappa shape index (κ3) is 4.46. The maximum atomic E-state index is 12.2. The van der Waals surface area contributed by atoms with Crippen molar-refractivity contribution in [2.24, 2.45) is 5.41 Å². The maximum Gasteiger partial charge on any atom is 0.317 e. The van der Waals surface area contributed by atoms with Crippen LogP contribution < -0.4 is 5.32 Å². The van der Waals surface area contributed by atoms with E-state index in [4.69, 9.17) is 4.52 Å². The number of hydrogen-bond donors (Lipinski definition) is 1. The fraction of sp³-hybridized carbons (Fsp3) is 0.733. The predicted octanol–water partition coefficient (Wildman–Crippen LogP) is 1.94. The first-order valence-corrected chi connectivity index (χ1v) is 7.53. The Bertz CT molecular complexity index is 445. The van der Waals surface area contributed by atoms with Crippen LogP contribution in [-0.2, 0) is 6.54 Å². The van der Waals surface area contributed by atoms with Gasteiger partial charge in [0.05, 0.1) is 5.69 Å². The van der Waals surface area contributed by atoms with E-state index in [0.717, 1.165) is 38.4 Å². The Labute approximate surface area is 126 Å². The highest BCUT2D eigenvalue weighted by Crippen LogP contribution is 2.18. The fourth-order valence-corrected chi connectivity index (χ4v) is 2.15. The van der Waals surface area contributed by atoms with E-state index in [1.165, 1.54) is 0 Å². The molecule has 1 aliphatic heterocycles. The molecule has 1 N–H and O–H groups in total. The third-order valence-electron chi connectivity index (χ3n) is 4.18. The Morgan fingerprint density at radius 1 is 1.38 bits per heavy atom. The number of amides is 2. The van der Waals surface area contributed by atoms with Gasteiger partial charge in [-0.1, -0.05) is 25.9 Å². The summed E-state index contributed by atoms with van der Waals surface area (Å²) in [5.74, 6) is 0. The van der Waals surface area contributed by atoms with Crippen molar-refractivity contribution < 1.29 is 9.32 Å². The van der Waals surface area contributed by atoms with Gasteiger partial charge in [-0.15, -0.1) is 0 Å². The van der Waals surface area contributed by atoms with Crippen LogP contribution in [0, 0.1) is 5.41 Å². The number of rotatable bonds is 3. The van der Waals surface area contributed by atoms with Gasteiger partial charge in [-0.25, -0.2) is 4.79 Å². The number of carbonyl (C=O) groups is 1. The molecule has 2 amide bonds. The molecule has 0 radical (unpaired) electrons. The molecule has 1 saturated heterocycles. The van der Waals surface area contributed by atoms with Crippen LogP contribution in [0.1, 0.15) is 33.4 Å². The number of nitrogens with one attached hydrogen (secondary N) is 1. The molecule has 21 heavy (non-hydrogen) atoms. The molecule has 1 fully saturated rings. The SMILES string of the molecule is C[C@@H](NC(=O)N1CCN(Cc2ccon2)CC1)C(C)(C)C. The largest absolute Gasteiger partial charge is 0.364 e. The first-order valence-electron chi connectivity index (χ1n) is 7.53. The van der Waals surface area contributed by atoms with E-state index in [9.17, 15) is 4.79 Å². The van der Waals surface area contributed by atoms with Gasteiger partial charge >= 0.3 is 6.03 Å². The third-order valence-corrected chi connectivity index (χ3v) is 4.18. The van der Waals surface area contributed by atoms with E-state index in [1.54, 1.807) is 6.26 Å². The van der Waals surface area contributed by atoms with Gasteiger partial charge in [-0.05, 0) is 12.3 Å². The van der Waals surface area contributed by atoms with Crippen LogP contribution in [-0.4, -0.2) is 53.2 Å². The molecule has 0 unspecified atom stereocenters. The van der Waals surface area contributed by atoms with Crippen LogP contribution >= 0.6 is 0 Å². The Hall–Kier alpha value is -1.56. The summed E-state index contributed by atoms with van der Waals surface area (Å²) in [6.45, 7) is 12.5. The minimum atomic E-state index is 0.0403. The topological polar surface area (TPSA) is 61.6 Å². The summed E-state index contributed by atoms with van der Waals surface area (Å²) in [6, 6.07) is 2.07. The molecule has 0 spiro atoms. The van der Waals surface area contributed by atoms with Gasteiger partial charge in [0.2, 0.25) is 0 Å². The van der Waals surface area contributed by atoms with Crippen LogP contribution in [0.4, 0.5) is 4.79 Å². The van der Waals surface area contributed by atoms with Crippen LogP contribution in [0.2, 0.25) is 0 Å². The molecule has 0 aliphatic carbocycles. The minimum absolute atomic E-state index is 0.0403. The summed E-state index contributed by atoms with van der Waals surface area (Å²) in [5, 5.41) is 7.01. The lowest BCUT2D eigenvalue weighted by molar-refractivity contribution is 0.127. The normalized spacial score (nSPS) is 18.6. The first kappa shape index (κ1) is 15.8. The molecule has 1 aromatic heterocycles. The Balaban J connectivity index is 1.77. The summed E-state index contributed by atoms with van der Waals surface area (Å²) < 4.78 is 4.84. The van der Waals surface area contributed by atoms with E-state index in [0.29, 0.717) is 0 Å². The Morgan fingerprint density at radius 3 is 2.57 bits per heavy atom. The lowest BCUT2D eigenvalue weighted by Crippen LogP contribution is -2.54. The maximum absolute atomic E-state index is 12.2. The molecule has 0 aromatic carbocycles. The summed E-state index contributed by atoms with van der Waals surface area (Å²) >= 11 is 0. The number of piperazine rings is 1. The van der Waals surface area contributed by atoms with E-state index < -0.39 is 0 Å². The summed E-state index contributed by atoms with van der Waals surface area (Å²) in [7, 11) is 0. The highest BCUT2D eigenvalue weighted by molar-refractivity contribution is 5.74. The zero-order valence-electron chi connectivity index (χ0n) is 13.4. The number of carbonyl (C=O) groups excluding carboxylic acids is 1. The zero-order chi connectivity index (χ0) is 15.5. The quantitative estimate of drug-likeness (QED) is 0.925. The molecule has 0 saturated carbocycles. The second kappa shape index (κ2) is 6.47. The lowest BCUT2D eigenvalue weighted by Gasteiger charge is -2.36. The first-order chi connectivity index (χ1) is 9.86. The van der Waals surface area contributed by atoms with Gasteiger partial charge in [-0.3, -0.25) is 4.90 Å². The van der Waals surface area contributed by atoms with Crippen molar-refractivity contribution >= 4 is 6.03 Å². The monoisotopic (exact) mass is 294 g/mol. The van der Waals surface area contributed by atoms with Crippen molar-refractivity contribution in [1.82, 2.24) is 20.3 Å². The van der Waals surface area contributed by atoms with Gasteiger partial charge in [0, 0.05) is 44.8 Å². The summed E-state index contributed by atoms with van der Waals surface area (Å²) in [4.78, 5) is 16.4. The average Bonchev–Trinajstić information content (AvgIpc) is 2.91. The molecule has 2 rings (SSSR count). The molecular weight excluding hydrogens is 268 g/mol. The molecule has 118 valence electrons. The van der Waals surface area contributed by atoms with Crippen molar-refractivity contribution in [3.63, 3.8) is 0 Å². The van der Waals surface area contributed by atoms with Crippen molar-refractivity contribution in [3.8, 4) is 0 Å². The van der Waals surface area contributed by atoms with Gasteiger partial charge in [-0.2, -0.15) is 0 Å². The molecule has 1 atom stereocenters. The number of urea groups is 1. The van der Waals surface area contributed by atoms with E-state index in [1.807, 2.05) is 11.0 Å². The molecular formula is C15H26N4O2. The van der Waals surface area contributed by atoms with E-state index in [-0.39, 0.29) is 17.5 Å². The number of hydrogen-bond acceptors (Lipinski definition) is 4. The van der Waals surface area contributed by atoms with Crippen LogP contribution in [0.5, 0.6) is 0 Å². The number of aromatic nitrogens is 1. The van der Waals surface area contributed by atoms with E-state index in [2.05, 4.69) is 43.1 Å². The van der Waals surface area contributed by atoms with Crippen LogP contribution in [0.3, 0.4) is 0 Å². The highest BCUT2D eigenvalue weighted by Gasteiger charge is 2.26. The van der Waals surface area contributed by atoms with Crippen LogP contribution in [0.15, 0.2) is 16.9 Å². The standard InChI is InChI=1S/C15H26N4O2/c1-12(15(2,3)4)16-14(20)19-8-6-18(7-9-19)11-13-5-10-21-17-13/h5,10,12H,6-9,11H2,1-4H3,(H,16,20)/t12-/m1/s1. The van der Waals surface area contributed by atoms with Crippen molar-refractivity contribution in [2.75, 3.05) is 26.2 Å².